The molecule has 1 aliphatic carbocycles. The third kappa shape index (κ3) is 3.21. The summed E-state index contributed by atoms with van der Waals surface area (Å²) in [4.78, 5) is 4.55. The van der Waals surface area contributed by atoms with E-state index in [1.54, 1.807) is 0 Å². The summed E-state index contributed by atoms with van der Waals surface area (Å²) in [5.74, 6) is 2.08. The predicted octanol–water partition coefficient (Wildman–Crippen LogP) is 4.16. The zero-order chi connectivity index (χ0) is 12.1. The topological polar surface area (TPSA) is 24.4 Å². The fourth-order valence-corrected chi connectivity index (χ4v) is 2.73. The van der Waals surface area contributed by atoms with E-state index in [9.17, 15) is 0 Å². The first-order chi connectivity index (χ1) is 8.33. The standard InChI is InChI=1S/C15H24N2/c1-3-5-13-6-8-14(9-7-13)15-16-10-12(4-2)11-17-15/h10-11,13,16H,3-9H2,1-2H3. The van der Waals surface area contributed by atoms with Gasteiger partial charge in [-0.15, -0.1) is 0 Å². The van der Waals surface area contributed by atoms with Gasteiger partial charge in [-0.3, -0.25) is 0 Å². The van der Waals surface area contributed by atoms with E-state index >= 15 is 0 Å². The van der Waals surface area contributed by atoms with Crippen molar-refractivity contribution in [2.75, 3.05) is 0 Å². The summed E-state index contributed by atoms with van der Waals surface area (Å²) in [5, 5.41) is 3.36. The van der Waals surface area contributed by atoms with Crippen molar-refractivity contribution in [2.45, 2.75) is 58.8 Å². The summed E-state index contributed by atoms with van der Waals surface area (Å²) < 4.78 is 0. The Hall–Kier alpha value is -1.05. The maximum absolute atomic E-state index is 4.55. The highest BCUT2D eigenvalue weighted by molar-refractivity contribution is 5.80. The van der Waals surface area contributed by atoms with Gasteiger partial charge in [-0.2, -0.15) is 0 Å². The third-order valence-corrected chi connectivity index (χ3v) is 3.90. The molecule has 1 N–H and O–H groups in total. The van der Waals surface area contributed by atoms with Crippen molar-refractivity contribution in [3.8, 4) is 0 Å². The molecule has 1 fully saturated rings. The molecule has 1 heterocycles. The second kappa shape index (κ2) is 6.04. The minimum absolute atomic E-state index is 0.957. The van der Waals surface area contributed by atoms with Crippen LogP contribution in [-0.4, -0.2) is 6.21 Å². The van der Waals surface area contributed by atoms with Crippen LogP contribution in [0.2, 0.25) is 0 Å². The first kappa shape index (κ1) is 12.4. The third-order valence-electron chi connectivity index (χ3n) is 3.90. The Morgan fingerprint density at radius 3 is 2.59 bits per heavy atom. The average molecular weight is 232 g/mol. The second-order valence-electron chi connectivity index (χ2n) is 5.16. The van der Waals surface area contributed by atoms with Gasteiger partial charge in [0, 0.05) is 12.4 Å². The van der Waals surface area contributed by atoms with Crippen LogP contribution in [0, 0.1) is 5.92 Å². The lowest BCUT2D eigenvalue weighted by molar-refractivity contribution is 0.377. The first-order valence-corrected chi connectivity index (χ1v) is 7.05. The van der Waals surface area contributed by atoms with Gasteiger partial charge >= 0.3 is 0 Å². The lowest BCUT2D eigenvalue weighted by atomic mass is 9.83. The zero-order valence-corrected chi connectivity index (χ0v) is 11.1. The van der Waals surface area contributed by atoms with Crippen LogP contribution in [-0.2, 0) is 0 Å². The summed E-state index contributed by atoms with van der Waals surface area (Å²) >= 11 is 0. The normalized spacial score (nSPS) is 24.6. The molecule has 17 heavy (non-hydrogen) atoms. The van der Waals surface area contributed by atoms with Gasteiger partial charge in [0.25, 0.3) is 0 Å². The van der Waals surface area contributed by atoms with Crippen molar-refractivity contribution in [1.82, 2.24) is 5.32 Å². The van der Waals surface area contributed by atoms with Crippen LogP contribution in [0.3, 0.4) is 0 Å². The van der Waals surface area contributed by atoms with Crippen LogP contribution in [0.4, 0.5) is 0 Å². The molecular weight excluding hydrogens is 208 g/mol. The van der Waals surface area contributed by atoms with Gasteiger partial charge in [-0.05, 0) is 49.2 Å². The highest BCUT2D eigenvalue weighted by atomic mass is 15.0. The van der Waals surface area contributed by atoms with Gasteiger partial charge in [0.1, 0.15) is 5.82 Å². The van der Waals surface area contributed by atoms with Crippen molar-refractivity contribution in [1.29, 1.82) is 0 Å². The van der Waals surface area contributed by atoms with E-state index in [2.05, 4.69) is 30.4 Å². The van der Waals surface area contributed by atoms with Crippen LogP contribution in [0.15, 0.2) is 28.2 Å². The molecule has 0 unspecified atom stereocenters. The van der Waals surface area contributed by atoms with Crippen LogP contribution in [0.1, 0.15) is 58.8 Å². The Morgan fingerprint density at radius 1 is 1.29 bits per heavy atom. The monoisotopic (exact) mass is 232 g/mol. The molecule has 2 aliphatic rings. The van der Waals surface area contributed by atoms with E-state index < -0.39 is 0 Å². The van der Waals surface area contributed by atoms with Gasteiger partial charge < -0.3 is 5.32 Å². The molecule has 0 radical (unpaired) electrons. The van der Waals surface area contributed by atoms with E-state index in [1.165, 1.54) is 49.7 Å². The number of rotatable bonds is 3. The average Bonchev–Trinajstić information content (AvgIpc) is 2.40. The second-order valence-corrected chi connectivity index (χ2v) is 5.16. The number of hydrogen-bond donors (Lipinski definition) is 1. The Kier molecular flexibility index (Phi) is 4.41. The molecule has 1 saturated carbocycles. The number of hydrogen-bond acceptors (Lipinski definition) is 2. The van der Waals surface area contributed by atoms with Crippen molar-refractivity contribution in [2.24, 2.45) is 10.9 Å². The highest BCUT2D eigenvalue weighted by Crippen LogP contribution is 2.32. The highest BCUT2D eigenvalue weighted by Gasteiger charge is 2.18. The predicted molar refractivity (Wildman–Crippen MR) is 73.9 cm³/mol. The lowest BCUT2D eigenvalue weighted by Crippen LogP contribution is -2.16. The summed E-state index contributed by atoms with van der Waals surface area (Å²) in [7, 11) is 0. The summed E-state index contributed by atoms with van der Waals surface area (Å²) in [6.45, 7) is 4.45. The molecule has 0 aromatic carbocycles. The van der Waals surface area contributed by atoms with E-state index in [0.29, 0.717) is 0 Å². The SMILES string of the molecule is CCCC1CCC(=C2N=CC(CC)=CN2)CC1. The van der Waals surface area contributed by atoms with Crippen LogP contribution >= 0.6 is 0 Å². The molecule has 1 aliphatic heterocycles. The van der Waals surface area contributed by atoms with Crippen LogP contribution in [0.25, 0.3) is 0 Å². The number of allylic oxidation sites excluding steroid dienone is 2. The zero-order valence-electron chi connectivity index (χ0n) is 11.1. The molecule has 94 valence electrons. The molecular formula is C15H24N2. The van der Waals surface area contributed by atoms with Gasteiger partial charge in [0.05, 0.1) is 0 Å². The molecule has 2 heteroatoms. The molecule has 2 rings (SSSR count). The van der Waals surface area contributed by atoms with Crippen molar-refractivity contribution < 1.29 is 0 Å². The Morgan fingerprint density at radius 2 is 2.06 bits per heavy atom. The van der Waals surface area contributed by atoms with E-state index in [1.807, 2.05) is 6.21 Å². The Bertz CT molecular complexity index is 340. The largest absolute Gasteiger partial charge is 0.346 e. The number of nitrogens with one attached hydrogen (secondary N) is 1. The molecule has 0 saturated heterocycles. The fraction of sp³-hybridized carbons (Fsp3) is 0.667. The van der Waals surface area contributed by atoms with E-state index in [-0.39, 0.29) is 0 Å². The first-order valence-electron chi connectivity index (χ1n) is 7.05. The van der Waals surface area contributed by atoms with E-state index in [0.717, 1.165) is 18.2 Å². The molecule has 0 amide bonds. The molecule has 0 atom stereocenters. The molecule has 0 aromatic heterocycles. The Balaban J connectivity index is 1.92. The Labute approximate surface area is 105 Å². The van der Waals surface area contributed by atoms with Crippen LogP contribution in [0.5, 0.6) is 0 Å². The molecule has 2 nitrogen and oxygen atoms in total. The number of nitrogens with zero attached hydrogens (tertiary/aromatic N) is 1. The summed E-state index contributed by atoms with van der Waals surface area (Å²) in [6.07, 6.45) is 13.1. The smallest absolute Gasteiger partial charge is 0.129 e. The number of aliphatic imine (C=N–C) groups is 1. The van der Waals surface area contributed by atoms with E-state index in [4.69, 9.17) is 0 Å². The van der Waals surface area contributed by atoms with Crippen LogP contribution < -0.4 is 5.32 Å². The summed E-state index contributed by atoms with van der Waals surface area (Å²) in [6, 6.07) is 0. The van der Waals surface area contributed by atoms with Gasteiger partial charge in [-0.1, -0.05) is 26.7 Å². The fourth-order valence-electron chi connectivity index (χ4n) is 2.73. The molecule has 0 aromatic rings. The minimum Gasteiger partial charge on any atom is -0.346 e. The minimum atomic E-state index is 0.957. The molecule has 0 bridgehead atoms. The summed E-state index contributed by atoms with van der Waals surface area (Å²) in [5.41, 5.74) is 2.81. The van der Waals surface area contributed by atoms with Gasteiger partial charge in [0.2, 0.25) is 0 Å². The molecule has 0 spiro atoms. The maximum atomic E-state index is 4.55. The lowest BCUT2D eigenvalue weighted by Gasteiger charge is -2.25. The van der Waals surface area contributed by atoms with Gasteiger partial charge in [0.15, 0.2) is 0 Å². The van der Waals surface area contributed by atoms with Crippen molar-refractivity contribution in [3.05, 3.63) is 23.2 Å². The van der Waals surface area contributed by atoms with Crippen molar-refractivity contribution in [3.63, 3.8) is 0 Å². The quantitative estimate of drug-likeness (QED) is 0.776. The van der Waals surface area contributed by atoms with Crippen molar-refractivity contribution >= 4 is 6.21 Å². The van der Waals surface area contributed by atoms with Gasteiger partial charge in [-0.25, -0.2) is 4.99 Å². The maximum Gasteiger partial charge on any atom is 0.129 e.